The fourth-order valence-corrected chi connectivity index (χ4v) is 3.48. The molecule has 0 heterocycles. The molecule has 3 rings (SSSR count). The van der Waals surface area contributed by atoms with E-state index >= 15 is 0 Å². The molecule has 6 heteroatoms. The van der Waals surface area contributed by atoms with Crippen LogP contribution in [0.5, 0.6) is 0 Å². The molecular formula is C29H34N2O4. The normalized spacial score (nSPS) is 12.0. The van der Waals surface area contributed by atoms with E-state index in [4.69, 9.17) is 9.47 Å². The third kappa shape index (κ3) is 8.58. The van der Waals surface area contributed by atoms with Gasteiger partial charge < -0.3 is 19.7 Å². The number of rotatable bonds is 9. The number of anilines is 1. The summed E-state index contributed by atoms with van der Waals surface area (Å²) in [6.07, 6.45) is 0.0549. The van der Waals surface area contributed by atoms with Crippen LogP contribution in [0, 0.1) is 0 Å². The van der Waals surface area contributed by atoms with Gasteiger partial charge >= 0.3 is 6.09 Å². The number of ether oxygens (including phenoxy) is 2. The Kier molecular flexibility index (Phi) is 9.04. The Bertz CT molecular complexity index is 1090. The number of carbonyl (C=O) groups excluding carboxylic acids is 2. The van der Waals surface area contributed by atoms with E-state index in [1.165, 1.54) is 0 Å². The predicted octanol–water partition coefficient (Wildman–Crippen LogP) is 6.45. The molecule has 6 nitrogen and oxygen atoms in total. The molecule has 0 fully saturated rings. The zero-order chi connectivity index (χ0) is 25.3. The second-order valence-corrected chi connectivity index (χ2v) is 9.42. The van der Waals surface area contributed by atoms with Crippen molar-refractivity contribution < 1.29 is 19.1 Å². The monoisotopic (exact) mass is 474 g/mol. The summed E-state index contributed by atoms with van der Waals surface area (Å²) < 4.78 is 11.8. The van der Waals surface area contributed by atoms with Crippen molar-refractivity contribution in [1.82, 2.24) is 4.90 Å². The van der Waals surface area contributed by atoms with E-state index in [0.29, 0.717) is 30.8 Å². The van der Waals surface area contributed by atoms with Crippen molar-refractivity contribution in [2.75, 3.05) is 18.9 Å². The minimum atomic E-state index is -0.540. The van der Waals surface area contributed by atoms with Crippen LogP contribution in [0.3, 0.4) is 0 Å². The zero-order valence-corrected chi connectivity index (χ0v) is 20.9. The van der Waals surface area contributed by atoms with Crippen molar-refractivity contribution in [2.24, 2.45) is 0 Å². The quantitative estimate of drug-likeness (QED) is 0.387. The summed E-state index contributed by atoms with van der Waals surface area (Å²) in [5.74, 6) is -0.156. The Labute approximate surface area is 207 Å². The molecule has 1 N–H and O–H groups in total. The standard InChI is InChI=1S/C29H34N2O4/c1-29(2,3)35-28(33)31(4)19-18-26(23-13-7-5-8-14-23)34-21-22-12-11-17-25(20-22)30-27(32)24-15-9-6-10-16-24/h5-17,20,26H,18-19,21H2,1-4H3,(H,30,32). The number of amides is 2. The van der Waals surface area contributed by atoms with Gasteiger partial charge in [-0.2, -0.15) is 0 Å². The minimum absolute atomic E-state index is 0.156. The number of benzene rings is 3. The summed E-state index contributed by atoms with van der Waals surface area (Å²) in [5, 5.41) is 2.94. The van der Waals surface area contributed by atoms with Gasteiger partial charge in [-0.05, 0) is 62.6 Å². The number of nitrogens with zero attached hydrogens (tertiary/aromatic N) is 1. The van der Waals surface area contributed by atoms with Crippen LogP contribution in [0.15, 0.2) is 84.9 Å². The van der Waals surface area contributed by atoms with E-state index in [1.807, 2.05) is 93.6 Å². The van der Waals surface area contributed by atoms with Crippen LogP contribution in [0.2, 0.25) is 0 Å². The van der Waals surface area contributed by atoms with Crippen LogP contribution >= 0.6 is 0 Å². The third-order valence-electron chi connectivity index (χ3n) is 5.28. The topological polar surface area (TPSA) is 67.9 Å². The molecule has 0 aromatic heterocycles. The van der Waals surface area contributed by atoms with Gasteiger partial charge in [0.1, 0.15) is 5.60 Å². The zero-order valence-electron chi connectivity index (χ0n) is 20.9. The molecule has 0 saturated carbocycles. The maximum atomic E-state index is 12.5. The second kappa shape index (κ2) is 12.2. The Morgan fingerprint density at radius 3 is 2.23 bits per heavy atom. The fourth-order valence-electron chi connectivity index (χ4n) is 3.48. The minimum Gasteiger partial charge on any atom is -0.444 e. The van der Waals surface area contributed by atoms with Gasteiger partial charge in [0.15, 0.2) is 0 Å². The molecule has 1 unspecified atom stereocenters. The van der Waals surface area contributed by atoms with Gasteiger partial charge in [-0.1, -0.05) is 60.7 Å². The molecule has 0 aliphatic heterocycles. The Morgan fingerprint density at radius 2 is 1.57 bits per heavy atom. The molecule has 0 aliphatic rings. The fraction of sp³-hybridized carbons (Fsp3) is 0.310. The van der Waals surface area contributed by atoms with E-state index < -0.39 is 5.60 Å². The summed E-state index contributed by atoms with van der Waals surface area (Å²) in [4.78, 5) is 26.4. The maximum Gasteiger partial charge on any atom is 0.410 e. The van der Waals surface area contributed by atoms with E-state index in [1.54, 1.807) is 24.1 Å². The first kappa shape index (κ1) is 26.0. The molecule has 1 atom stereocenters. The van der Waals surface area contributed by atoms with Crippen molar-refractivity contribution in [1.29, 1.82) is 0 Å². The van der Waals surface area contributed by atoms with Crippen molar-refractivity contribution in [3.63, 3.8) is 0 Å². The van der Waals surface area contributed by atoms with Crippen LogP contribution in [0.25, 0.3) is 0 Å². The molecule has 184 valence electrons. The van der Waals surface area contributed by atoms with E-state index in [-0.39, 0.29) is 18.1 Å². The molecular weight excluding hydrogens is 440 g/mol. The highest BCUT2D eigenvalue weighted by molar-refractivity contribution is 6.04. The van der Waals surface area contributed by atoms with Gasteiger partial charge in [-0.3, -0.25) is 4.79 Å². The number of nitrogens with one attached hydrogen (secondary N) is 1. The average molecular weight is 475 g/mol. The third-order valence-corrected chi connectivity index (χ3v) is 5.28. The second-order valence-electron chi connectivity index (χ2n) is 9.42. The molecule has 0 radical (unpaired) electrons. The highest BCUT2D eigenvalue weighted by Crippen LogP contribution is 2.24. The lowest BCUT2D eigenvalue weighted by molar-refractivity contribution is 0.0137. The highest BCUT2D eigenvalue weighted by atomic mass is 16.6. The van der Waals surface area contributed by atoms with Crippen molar-refractivity contribution >= 4 is 17.7 Å². The summed E-state index contributed by atoms with van der Waals surface area (Å²) in [6.45, 7) is 6.41. The number of hydrogen-bond donors (Lipinski definition) is 1. The largest absolute Gasteiger partial charge is 0.444 e. The summed E-state index contributed by atoms with van der Waals surface area (Å²) >= 11 is 0. The van der Waals surface area contributed by atoms with Gasteiger partial charge in [0.2, 0.25) is 0 Å². The van der Waals surface area contributed by atoms with Crippen LogP contribution in [0.4, 0.5) is 10.5 Å². The highest BCUT2D eigenvalue weighted by Gasteiger charge is 2.21. The molecule has 0 bridgehead atoms. The van der Waals surface area contributed by atoms with Crippen molar-refractivity contribution in [3.8, 4) is 0 Å². The Hall–Kier alpha value is -3.64. The average Bonchev–Trinajstić information content (AvgIpc) is 2.84. The molecule has 2 amide bonds. The maximum absolute atomic E-state index is 12.5. The van der Waals surface area contributed by atoms with Gasteiger partial charge in [0.25, 0.3) is 5.91 Å². The molecule has 0 spiro atoms. The molecule has 0 aliphatic carbocycles. The van der Waals surface area contributed by atoms with Crippen molar-refractivity contribution in [3.05, 3.63) is 102 Å². The summed E-state index contributed by atoms with van der Waals surface area (Å²) in [5.41, 5.74) is 2.76. The van der Waals surface area contributed by atoms with Crippen molar-refractivity contribution in [2.45, 2.75) is 45.5 Å². The summed E-state index contributed by atoms with van der Waals surface area (Å²) in [6, 6.07) is 26.7. The first-order valence-corrected chi connectivity index (χ1v) is 11.8. The lowest BCUT2D eigenvalue weighted by atomic mass is 10.1. The molecule has 3 aromatic rings. The van der Waals surface area contributed by atoms with Crippen LogP contribution < -0.4 is 5.32 Å². The van der Waals surface area contributed by atoms with E-state index in [9.17, 15) is 9.59 Å². The number of hydrogen-bond acceptors (Lipinski definition) is 4. The molecule has 35 heavy (non-hydrogen) atoms. The van der Waals surface area contributed by atoms with E-state index in [2.05, 4.69) is 5.32 Å². The van der Waals surface area contributed by atoms with Gasteiger partial charge in [-0.25, -0.2) is 4.79 Å². The Morgan fingerprint density at radius 1 is 0.914 bits per heavy atom. The van der Waals surface area contributed by atoms with Crippen LogP contribution in [-0.2, 0) is 16.1 Å². The first-order valence-electron chi connectivity index (χ1n) is 11.8. The Balaban J connectivity index is 1.63. The van der Waals surface area contributed by atoms with Gasteiger partial charge in [-0.15, -0.1) is 0 Å². The predicted molar refractivity (Wildman–Crippen MR) is 138 cm³/mol. The lowest BCUT2D eigenvalue weighted by Gasteiger charge is -2.26. The van der Waals surface area contributed by atoms with Crippen LogP contribution in [0.1, 0.15) is 54.8 Å². The number of carbonyl (C=O) groups is 2. The lowest BCUT2D eigenvalue weighted by Crippen LogP contribution is -2.35. The smallest absolute Gasteiger partial charge is 0.410 e. The van der Waals surface area contributed by atoms with Crippen LogP contribution in [-0.4, -0.2) is 36.1 Å². The summed E-state index contributed by atoms with van der Waals surface area (Å²) in [7, 11) is 1.73. The molecule has 0 saturated heterocycles. The van der Waals surface area contributed by atoms with Gasteiger partial charge in [0.05, 0.1) is 12.7 Å². The van der Waals surface area contributed by atoms with E-state index in [0.717, 1.165) is 11.1 Å². The van der Waals surface area contributed by atoms with Gasteiger partial charge in [0, 0.05) is 24.8 Å². The SMILES string of the molecule is CN(CCC(OCc1cccc(NC(=O)c2ccccc2)c1)c1ccccc1)C(=O)OC(C)(C)C. The molecule has 3 aromatic carbocycles. The first-order chi connectivity index (χ1) is 16.7.